The first-order valence-electron chi connectivity index (χ1n) is 6.98. The monoisotopic (exact) mass is 304 g/mol. The first-order chi connectivity index (χ1) is 11.1. The molecule has 5 N–H and O–H groups in total. The molecule has 23 heavy (non-hydrogen) atoms. The molecule has 0 saturated heterocycles. The van der Waals surface area contributed by atoms with Crippen LogP contribution in [0.3, 0.4) is 0 Å². The van der Waals surface area contributed by atoms with Crippen molar-refractivity contribution in [2.24, 2.45) is 5.73 Å². The molecule has 2 aromatic carbocycles. The van der Waals surface area contributed by atoms with E-state index >= 15 is 0 Å². The second-order valence-electron chi connectivity index (χ2n) is 5.46. The average Bonchev–Trinajstić information content (AvgIpc) is 2.80. The number of fused-ring (bicyclic) bond motifs is 4. The maximum atomic E-state index is 12.9. The van der Waals surface area contributed by atoms with Gasteiger partial charge in [-0.2, -0.15) is 5.26 Å². The van der Waals surface area contributed by atoms with Crippen LogP contribution in [0.15, 0.2) is 53.9 Å². The number of nitrogens with two attached hydrogens (primary N) is 2. The first kappa shape index (κ1) is 13.2. The van der Waals surface area contributed by atoms with E-state index in [1.807, 2.05) is 0 Å². The van der Waals surface area contributed by atoms with Crippen molar-refractivity contribution in [2.75, 3.05) is 11.1 Å². The Hall–Kier alpha value is -3.46. The highest BCUT2D eigenvalue weighted by Gasteiger charge is 2.56. The molecule has 0 saturated carbocycles. The van der Waals surface area contributed by atoms with Gasteiger partial charge in [-0.25, -0.2) is 0 Å². The molecule has 2 heterocycles. The summed E-state index contributed by atoms with van der Waals surface area (Å²) in [6.45, 7) is 0. The Kier molecular flexibility index (Phi) is 2.46. The number of nitrogens with zero attached hydrogens (tertiary/aromatic N) is 1. The van der Waals surface area contributed by atoms with Gasteiger partial charge in [-0.1, -0.05) is 24.3 Å². The predicted octanol–water partition coefficient (Wildman–Crippen LogP) is 1.59. The summed E-state index contributed by atoms with van der Waals surface area (Å²) in [6, 6.07) is 14.2. The molecule has 0 aliphatic carbocycles. The van der Waals surface area contributed by atoms with Gasteiger partial charge in [-0.15, -0.1) is 0 Å². The number of nitriles is 1. The fraction of sp³-hybridized carbons (Fsp3) is 0.0588. The van der Waals surface area contributed by atoms with Crippen molar-refractivity contribution >= 4 is 17.3 Å². The molecule has 6 nitrogen and oxygen atoms in total. The van der Waals surface area contributed by atoms with Gasteiger partial charge in [-0.3, -0.25) is 4.79 Å². The van der Waals surface area contributed by atoms with E-state index in [2.05, 4.69) is 11.4 Å². The molecule has 4 rings (SSSR count). The summed E-state index contributed by atoms with van der Waals surface area (Å²) in [4.78, 5) is 12.9. The molecular weight excluding hydrogens is 292 g/mol. The van der Waals surface area contributed by atoms with Crippen molar-refractivity contribution in [1.29, 1.82) is 5.26 Å². The van der Waals surface area contributed by atoms with Crippen LogP contribution in [0, 0.1) is 11.3 Å². The third kappa shape index (κ3) is 1.48. The second kappa shape index (κ2) is 4.27. The van der Waals surface area contributed by atoms with Crippen LogP contribution >= 0.6 is 0 Å². The van der Waals surface area contributed by atoms with Crippen LogP contribution in [-0.4, -0.2) is 5.91 Å². The van der Waals surface area contributed by atoms with Crippen molar-refractivity contribution in [3.05, 3.63) is 65.0 Å². The molecule has 0 unspecified atom stereocenters. The topological polar surface area (TPSA) is 114 Å². The Labute approximate surface area is 132 Å². The van der Waals surface area contributed by atoms with Crippen LogP contribution in [-0.2, 0) is 10.2 Å². The molecule has 0 fully saturated rings. The molecule has 2 aromatic rings. The van der Waals surface area contributed by atoms with E-state index in [4.69, 9.17) is 16.2 Å². The minimum atomic E-state index is -1.31. The van der Waals surface area contributed by atoms with Gasteiger partial charge < -0.3 is 21.5 Å². The summed E-state index contributed by atoms with van der Waals surface area (Å²) in [5.41, 5.74) is 12.9. The van der Waals surface area contributed by atoms with Gasteiger partial charge in [0.15, 0.2) is 0 Å². The van der Waals surface area contributed by atoms with Crippen LogP contribution < -0.4 is 21.5 Å². The van der Waals surface area contributed by atoms with Gasteiger partial charge in [0.2, 0.25) is 11.8 Å². The highest BCUT2D eigenvalue weighted by molar-refractivity contribution is 6.13. The van der Waals surface area contributed by atoms with Crippen LogP contribution in [0.5, 0.6) is 5.75 Å². The standard InChI is InChI=1S/C17H12N4O2/c18-8-12-15(20)23-14-4-2-1-3-11(14)17(12)10-6-5-9(19)7-13(10)21-16(17)22/h1-7H,19-20H2,(H,21,22)/t17-/m1/s1. The molecule has 112 valence electrons. The lowest BCUT2D eigenvalue weighted by atomic mass is 9.69. The van der Waals surface area contributed by atoms with Gasteiger partial charge in [0, 0.05) is 22.5 Å². The lowest BCUT2D eigenvalue weighted by Gasteiger charge is -2.33. The number of carbonyl (C=O) groups is 1. The summed E-state index contributed by atoms with van der Waals surface area (Å²) in [5.74, 6) is 0.0585. The number of benzene rings is 2. The molecule has 0 radical (unpaired) electrons. The SMILES string of the molecule is N#CC1=C(N)Oc2ccccc2[C@@]12C(=O)Nc1cc(N)ccc12. The molecule has 2 aliphatic rings. The molecule has 1 spiro atoms. The lowest BCUT2D eigenvalue weighted by molar-refractivity contribution is -0.118. The molecule has 0 bridgehead atoms. The highest BCUT2D eigenvalue weighted by Crippen LogP contribution is 2.53. The summed E-state index contributed by atoms with van der Waals surface area (Å²) in [7, 11) is 0. The van der Waals surface area contributed by atoms with Crippen molar-refractivity contribution in [2.45, 2.75) is 5.41 Å². The Bertz CT molecular complexity index is 942. The average molecular weight is 304 g/mol. The van der Waals surface area contributed by atoms with Gasteiger partial charge in [0.1, 0.15) is 22.8 Å². The van der Waals surface area contributed by atoms with E-state index in [1.165, 1.54) is 0 Å². The van der Waals surface area contributed by atoms with E-state index in [1.54, 1.807) is 42.5 Å². The van der Waals surface area contributed by atoms with Crippen molar-refractivity contribution in [3.63, 3.8) is 0 Å². The van der Waals surface area contributed by atoms with Crippen molar-refractivity contribution in [3.8, 4) is 11.8 Å². The minimum absolute atomic E-state index is 0.0639. The zero-order chi connectivity index (χ0) is 16.2. The number of hydrogen-bond acceptors (Lipinski definition) is 5. The smallest absolute Gasteiger partial charge is 0.245 e. The predicted molar refractivity (Wildman–Crippen MR) is 84.2 cm³/mol. The highest BCUT2D eigenvalue weighted by atomic mass is 16.5. The fourth-order valence-electron chi connectivity index (χ4n) is 3.34. The number of nitrogen functional groups attached to an aromatic ring is 1. The van der Waals surface area contributed by atoms with E-state index in [9.17, 15) is 10.1 Å². The quantitative estimate of drug-likeness (QED) is 0.639. The maximum absolute atomic E-state index is 12.9. The number of para-hydroxylation sites is 1. The molecule has 1 amide bonds. The Morgan fingerprint density at radius 1 is 1.13 bits per heavy atom. The fourth-order valence-corrected chi connectivity index (χ4v) is 3.34. The number of amides is 1. The summed E-state index contributed by atoms with van der Waals surface area (Å²) >= 11 is 0. The summed E-state index contributed by atoms with van der Waals surface area (Å²) in [5, 5.41) is 12.4. The summed E-state index contributed by atoms with van der Waals surface area (Å²) in [6.07, 6.45) is 0. The van der Waals surface area contributed by atoms with E-state index < -0.39 is 5.41 Å². The number of hydrogen-bond donors (Lipinski definition) is 3. The van der Waals surface area contributed by atoms with Crippen LogP contribution in [0.2, 0.25) is 0 Å². The van der Waals surface area contributed by atoms with Gasteiger partial charge >= 0.3 is 0 Å². The van der Waals surface area contributed by atoms with Crippen molar-refractivity contribution < 1.29 is 9.53 Å². The van der Waals surface area contributed by atoms with Gasteiger partial charge in [-0.05, 0) is 18.2 Å². The molecule has 6 heteroatoms. The number of anilines is 2. The molecular formula is C17H12N4O2. The van der Waals surface area contributed by atoms with Crippen LogP contribution in [0.25, 0.3) is 0 Å². The molecule has 2 aliphatic heterocycles. The third-order valence-corrected chi connectivity index (χ3v) is 4.28. The minimum Gasteiger partial charge on any atom is -0.440 e. The van der Waals surface area contributed by atoms with Crippen LogP contribution in [0.1, 0.15) is 11.1 Å². The van der Waals surface area contributed by atoms with Crippen LogP contribution in [0.4, 0.5) is 11.4 Å². The zero-order valence-electron chi connectivity index (χ0n) is 12.0. The number of ether oxygens (including phenoxy) is 1. The van der Waals surface area contributed by atoms with E-state index in [-0.39, 0.29) is 17.4 Å². The Morgan fingerprint density at radius 3 is 2.70 bits per heavy atom. The molecule has 1 atom stereocenters. The number of rotatable bonds is 0. The normalized spacial score (nSPS) is 21.3. The van der Waals surface area contributed by atoms with Gasteiger partial charge in [0.05, 0.1) is 0 Å². The van der Waals surface area contributed by atoms with Crippen molar-refractivity contribution in [1.82, 2.24) is 0 Å². The zero-order valence-corrected chi connectivity index (χ0v) is 12.0. The van der Waals surface area contributed by atoms with E-state index in [0.717, 1.165) is 0 Å². The third-order valence-electron chi connectivity index (χ3n) is 4.28. The largest absolute Gasteiger partial charge is 0.440 e. The van der Waals surface area contributed by atoms with E-state index in [0.29, 0.717) is 28.3 Å². The number of carbonyl (C=O) groups excluding carboxylic acids is 1. The first-order valence-corrected chi connectivity index (χ1v) is 6.98. The second-order valence-corrected chi connectivity index (χ2v) is 5.46. The maximum Gasteiger partial charge on any atom is 0.245 e. The number of nitrogens with one attached hydrogen (secondary N) is 1. The lowest BCUT2D eigenvalue weighted by Crippen LogP contribution is -2.42. The van der Waals surface area contributed by atoms with Gasteiger partial charge in [0.25, 0.3) is 0 Å². The Balaban J connectivity index is 2.15. The summed E-state index contributed by atoms with van der Waals surface area (Å²) < 4.78 is 5.54. The Morgan fingerprint density at radius 2 is 1.91 bits per heavy atom. The molecule has 0 aromatic heterocycles.